The van der Waals surface area contributed by atoms with Gasteiger partial charge in [0.2, 0.25) is 0 Å². The maximum Gasteiger partial charge on any atom is 0.182 e. The van der Waals surface area contributed by atoms with Crippen LogP contribution in [-0.2, 0) is 6.42 Å². The lowest BCUT2D eigenvalue weighted by molar-refractivity contribution is 0.590. The van der Waals surface area contributed by atoms with Gasteiger partial charge >= 0.3 is 0 Å². The van der Waals surface area contributed by atoms with E-state index in [1.54, 1.807) is 6.20 Å². The van der Waals surface area contributed by atoms with E-state index in [0.717, 1.165) is 23.9 Å². The van der Waals surface area contributed by atoms with Gasteiger partial charge in [0.25, 0.3) is 0 Å². The molecule has 1 N–H and O–H groups in total. The highest BCUT2D eigenvalue weighted by Crippen LogP contribution is 2.18. The van der Waals surface area contributed by atoms with Crippen molar-refractivity contribution < 1.29 is 8.78 Å². The van der Waals surface area contributed by atoms with Gasteiger partial charge in [-0.25, -0.2) is 8.78 Å². The quantitative estimate of drug-likeness (QED) is 0.798. The molecular weight excluding hydrogens is 230 g/mol. The van der Waals surface area contributed by atoms with Crippen LogP contribution in [0.4, 0.5) is 8.78 Å². The molecule has 1 aromatic carbocycles. The molecule has 0 aliphatic heterocycles. The summed E-state index contributed by atoms with van der Waals surface area (Å²) in [6.45, 7) is 1.92. The largest absolute Gasteiger partial charge is 0.337 e. The van der Waals surface area contributed by atoms with E-state index in [1.807, 2.05) is 6.92 Å². The van der Waals surface area contributed by atoms with E-state index < -0.39 is 11.6 Å². The number of aryl methyl sites for hydroxylation is 1. The molecule has 0 unspecified atom stereocenters. The van der Waals surface area contributed by atoms with Gasteiger partial charge in [-0.1, -0.05) is 6.92 Å². The smallest absolute Gasteiger partial charge is 0.182 e. The molecule has 2 nitrogen and oxygen atoms in total. The van der Waals surface area contributed by atoms with Gasteiger partial charge in [0, 0.05) is 18.0 Å². The zero-order valence-corrected chi connectivity index (χ0v) is 9.44. The number of nitrogens with one attached hydrogen (secondary N) is 1. The molecule has 0 aliphatic carbocycles. The van der Waals surface area contributed by atoms with Crippen molar-refractivity contribution in [2.45, 2.75) is 13.3 Å². The van der Waals surface area contributed by atoms with E-state index >= 15 is 0 Å². The molecular formula is C11H10F2N2S. The average Bonchev–Trinajstić information content (AvgIpc) is 2.63. The molecule has 0 saturated carbocycles. The van der Waals surface area contributed by atoms with Gasteiger partial charge in [0.15, 0.2) is 4.77 Å². The Morgan fingerprint density at radius 1 is 1.38 bits per heavy atom. The molecule has 0 amide bonds. The second-order valence-corrected chi connectivity index (χ2v) is 3.76. The van der Waals surface area contributed by atoms with Gasteiger partial charge < -0.3 is 4.98 Å². The molecule has 0 bridgehead atoms. The summed E-state index contributed by atoms with van der Waals surface area (Å²) in [6, 6.07) is 3.32. The van der Waals surface area contributed by atoms with E-state index in [2.05, 4.69) is 4.98 Å². The minimum Gasteiger partial charge on any atom is -0.337 e. The van der Waals surface area contributed by atoms with Gasteiger partial charge in [-0.15, -0.1) is 0 Å². The number of halogens is 2. The van der Waals surface area contributed by atoms with Crippen LogP contribution in [0.3, 0.4) is 0 Å². The van der Waals surface area contributed by atoms with E-state index in [4.69, 9.17) is 12.2 Å². The third-order valence-corrected chi connectivity index (χ3v) is 2.66. The normalized spacial score (nSPS) is 10.7. The third kappa shape index (κ3) is 1.78. The SMILES string of the molecule is CCc1c[nH]c(=S)n1-c1cc(F)ccc1F. The van der Waals surface area contributed by atoms with Crippen LogP contribution in [0.5, 0.6) is 0 Å². The van der Waals surface area contributed by atoms with Crippen LogP contribution in [0, 0.1) is 16.4 Å². The van der Waals surface area contributed by atoms with Gasteiger partial charge in [0.05, 0.1) is 5.69 Å². The zero-order chi connectivity index (χ0) is 11.7. The van der Waals surface area contributed by atoms with Crippen molar-refractivity contribution in [1.29, 1.82) is 0 Å². The number of hydrogen-bond acceptors (Lipinski definition) is 1. The van der Waals surface area contributed by atoms with Crippen molar-refractivity contribution in [2.24, 2.45) is 0 Å². The maximum absolute atomic E-state index is 13.6. The first-order valence-electron chi connectivity index (χ1n) is 4.88. The van der Waals surface area contributed by atoms with Gasteiger partial charge in [-0.2, -0.15) is 0 Å². The number of rotatable bonds is 2. The Bertz CT molecular complexity index is 572. The molecule has 0 aliphatic rings. The van der Waals surface area contributed by atoms with Crippen LogP contribution >= 0.6 is 12.2 Å². The zero-order valence-electron chi connectivity index (χ0n) is 8.63. The van der Waals surface area contributed by atoms with Crippen molar-refractivity contribution in [3.05, 3.63) is 46.5 Å². The summed E-state index contributed by atoms with van der Waals surface area (Å²) in [5.74, 6) is -0.978. The molecule has 1 aromatic heterocycles. The molecule has 2 aromatic rings. The van der Waals surface area contributed by atoms with Crippen molar-refractivity contribution >= 4 is 12.2 Å². The minimum absolute atomic E-state index is 0.142. The fourth-order valence-corrected chi connectivity index (χ4v) is 1.86. The first-order valence-corrected chi connectivity index (χ1v) is 5.29. The molecule has 0 fully saturated rings. The summed E-state index contributed by atoms with van der Waals surface area (Å²) in [6.07, 6.45) is 2.38. The maximum atomic E-state index is 13.6. The van der Waals surface area contributed by atoms with Crippen LogP contribution in [0.25, 0.3) is 5.69 Å². The summed E-state index contributed by atoms with van der Waals surface area (Å²) in [7, 11) is 0. The molecule has 0 saturated heterocycles. The number of aromatic amines is 1. The monoisotopic (exact) mass is 240 g/mol. The Morgan fingerprint density at radius 2 is 2.12 bits per heavy atom. The fraction of sp³-hybridized carbons (Fsp3) is 0.182. The Labute approximate surface area is 96.5 Å². The van der Waals surface area contributed by atoms with Crippen molar-refractivity contribution in [2.75, 3.05) is 0 Å². The number of hydrogen-bond donors (Lipinski definition) is 1. The van der Waals surface area contributed by atoms with Gasteiger partial charge in [-0.05, 0) is 30.8 Å². The Morgan fingerprint density at radius 3 is 2.81 bits per heavy atom. The number of nitrogens with zero attached hydrogens (tertiary/aromatic N) is 1. The van der Waals surface area contributed by atoms with Crippen LogP contribution < -0.4 is 0 Å². The minimum atomic E-state index is -0.494. The molecule has 84 valence electrons. The van der Waals surface area contributed by atoms with E-state index in [9.17, 15) is 8.78 Å². The van der Waals surface area contributed by atoms with E-state index in [1.165, 1.54) is 4.57 Å². The van der Waals surface area contributed by atoms with Gasteiger partial charge in [0.1, 0.15) is 11.6 Å². The lowest BCUT2D eigenvalue weighted by Crippen LogP contribution is -2.02. The second-order valence-electron chi connectivity index (χ2n) is 3.37. The van der Waals surface area contributed by atoms with Crippen LogP contribution in [-0.4, -0.2) is 9.55 Å². The van der Waals surface area contributed by atoms with Crippen LogP contribution in [0.1, 0.15) is 12.6 Å². The first-order chi connectivity index (χ1) is 7.63. The highest BCUT2D eigenvalue weighted by molar-refractivity contribution is 7.71. The molecule has 16 heavy (non-hydrogen) atoms. The highest BCUT2D eigenvalue weighted by atomic mass is 32.1. The highest BCUT2D eigenvalue weighted by Gasteiger charge is 2.10. The third-order valence-electron chi connectivity index (χ3n) is 2.36. The lowest BCUT2D eigenvalue weighted by atomic mass is 10.2. The summed E-state index contributed by atoms with van der Waals surface area (Å²) < 4.78 is 28.5. The van der Waals surface area contributed by atoms with Gasteiger partial charge in [-0.3, -0.25) is 4.57 Å². The predicted octanol–water partition coefficient (Wildman–Crippen LogP) is 3.38. The molecule has 5 heteroatoms. The Hall–Kier alpha value is -1.49. The standard InChI is InChI=1S/C11H10F2N2S/c1-2-8-6-14-11(16)15(8)10-5-7(12)3-4-9(10)13/h3-6H,2H2,1H3,(H,14,16). The predicted molar refractivity (Wildman–Crippen MR) is 60.2 cm³/mol. The summed E-state index contributed by atoms with van der Waals surface area (Å²) in [4.78, 5) is 2.82. The number of imidazole rings is 1. The molecule has 0 atom stereocenters. The van der Waals surface area contributed by atoms with Crippen molar-refractivity contribution in [3.8, 4) is 5.69 Å². The molecule has 1 heterocycles. The molecule has 0 spiro atoms. The summed E-state index contributed by atoms with van der Waals surface area (Å²) in [5, 5.41) is 0. The topological polar surface area (TPSA) is 20.7 Å². The number of aromatic nitrogens is 2. The summed E-state index contributed by atoms with van der Waals surface area (Å²) in [5.41, 5.74) is 0.956. The van der Waals surface area contributed by atoms with Crippen molar-refractivity contribution in [3.63, 3.8) is 0 Å². The Balaban J connectivity index is 2.71. The van der Waals surface area contributed by atoms with Crippen LogP contribution in [0.2, 0.25) is 0 Å². The summed E-state index contributed by atoms with van der Waals surface area (Å²) >= 11 is 5.04. The lowest BCUT2D eigenvalue weighted by Gasteiger charge is -2.07. The van der Waals surface area contributed by atoms with Crippen LogP contribution in [0.15, 0.2) is 24.4 Å². The van der Waals surface area contributed by atoms with Crippen molar-refractivity contribution in [1.82, 2.24) is 9.55 Å². The van der Waals surface area contributed by atoms with E-state index in [0.29, 0.717) is 11.2 Å². The Kier molecular flexibility index (Phi) is 2.87. The second kappa shape index (κ2) is 4.17. The number of benzene rings is 1. The molecule has 0 radical (unpaired) electrons. The number of H-pyrrole nitrogens is 1. The first kappa shape index (κ1) is 11.0. The molecule has 2 rings (SSSR count). The average molecular weight is 240 g/mol. The van der Waals surface area contributed by atoms with E-state index in [-0.39, 0.29) is 5.69 Å². The fourth-order valence-electron chi connectivity index (χ4n) is 1.59.